The number of hydrogen-bond donors (Lipinski definition) is 2. The minimum absolute atomic E-state index is 0.0815. The molecule has 26 heavy (non-hydrogen) atoms. The highest BCUT2D eigenvalue weighted by Gasteiger charge is 2.19. The lowest BCUT2D eigenvalue weighted by Gasteiger charge is -2.06. The largest absolute Gasteiger partial charge is 0.478 e. The van der Waals surface area contributed by atoms with Crippen LogP contribution in [0.2, 0.25) is 0 Å². The van der Waals surface area contributed by atoms with Crippen LogP contribution in [0.25, 0.3) is 33.5 Å². The molecule has 2 aromatic carbocycles. The van der Waals surface area contributed by atoms with Gasteiger partial charge in [0.2, 0.25) is 0 Å². The summed E-state index contributed by atoms with van der Waals surface area (Å²) in [5.41, 5.74) is 2.78. The maximum atomic E-state index is 13.2. The number of halogens is 2. The van der Waals surface area contributed by atoms with E-state index in [1.807, 2.05) is 24.3 Å². The van der Waals surface area contributed by atoms with Gasteiger partial charge in [-0.25, -0.2) is 14.2 Å². The van der Waals surface area contributed by atoms with E-state index in [0.29, 0.717) is 28.0 Å². The molecule has 0 aliphatic heterocycles. The number of aromatic nitrogens is 3. The van der Waals surface area contributed by atoms with Gasteiger partial charge >= 0.3 is 5.97 Å². The van der Waals surface area contributed by atoms with Gasteiger partial charge in [0.1, 0.15) is 5.82 Å². The van der Waals surface area contributed by atoms with Crippen molar-refractivity contribution in [1.82, 2.24) is 15.2 Å². The number of fused-ring (bicyclic) bond motifs is 1. The molecule has 4 aromatic rings. The van der Waals surface area contributed by atoms with E-state index in [1.165, 1.54) is 18.2 Å². The summed E-state index contributed by atoms with van der Waals surface area (Å²) in [7, 11) is 0. The molecule has 2 N–H and O–H groups in total. The molecule has 0 aliphatic rings. The highest BCUT2D eigenvalue weighted by atomic mass is 79.9. The summed E-state index contributed by atoms with van der Waals surface area (Å²) in [4.78, 5) is 16.4. The van der Waals surface area contributed by atoms with E-state index >= 15 is 0 Å². The number of nitrogens with one attached hydrogen (secondary N) is 1. The number of aromatic carboxylic acids is 1. The van der Waals surface area contributed by atoms with E-state index in [4.69, 9.17) is 0 Å². The number of nitrogens with zero attached hydrogens (tertiary/aromatic N) is 2. The molecule has 0 fully saturated rings. The number of aromatic amines is 1. The smallest absolute Gasteiger partial charge is 0.336 e. The summed E-state index contributed by atoms with van der Waals surface area (Å²) >= 11 is 3.40. The highest BCUT2D eigenvalue weighted by molar-refractivity contribution is 9.10. The Morgan fingerprint density at radius 2 is 1.85 bits per heavy atom. The molecule has 0 unspecified atom stereocenters. The lowest BCUT2D eigenvalue weighted by Crippen LogP contribution is -2.00. The molecule has 0 radical (unpaired) electrons. The van der Waals surface area contributed by atoms with E-state index in [9.17, 15) is 14.3 Å². The third kappa shape index (κ3) is 2.86. The number of carboxylic acids is 1. The van der Waals surface area contributed by atoms with Crippen molar-refractivity contribution >= 4 is 32.9 Å². The molecule has 0 saturated carbocycles. The van der Waals surface area contributed by atoms with Gasteiger partial charge in [0.05, 0.1) is 22.3 Å². The van der Waals surface area contributed by atoms with Crippen LogP contribution in [0, 0.1) is 5.82 Å². The molecule has 0 spiro atoms. The fourth-order valence-corrected chi connectivity index (χ4v) is 3.21. The van der Waals surface area contributed by atoms with Crippen molar-refractivity contribution in [2.24, 2.45) is 0 Å². The molecule has 5 nitrogen and oxygen atoms in total. The first-order valence-corrected chi connectivity index (χ1v) is 8.46. The van der Waals surface area contributed by atoms with Crippen LogP contribution in [0.3, 0.4) is 0 Å². The van der Waals surface area contributed by atoms with Crippen LogP contribution in [0.4, 0.5) is 4.39 Å². The molecule has 2 aromatic heterocycles. The summed E-state index contributed by atoms with van der Waals surface area (Å²) < 4.78 is 14.1. The minimum atomic E-state index is -1.08. The summed E-state index contributed by atoms with van der Waals surface area (Å²) in [6, 6.07) is 14.7. The van der Waals surface area contributed by atoms with Crippen LogP contribution in [-0.2, 0) is 0 Å². The topological polar surface area (TPSA) is 78.9 Å². The normalized spacial score (nSPS) is 11.0. The van der Waals surface area contributed by atoms with E-state index in [-0.39, 0.29) is 11.4 Å². The number of rotatable bonds is 3. The number of pyridine rings is 1. The first-order chi connectivity index (χ1) is 12.5. The van der Waals surface area contributed by atoms with Gasteiger partial charge in [0.25, 0.3) is 0 Å². The second kappa shape index (κ2) is 6.34. The summed E-state index contributed by atoms with van der Waals surface area (Å²) in [6.45, 7) is 0. The predicted molar refractivity (Wildman–Crippen MR) is 99.4 cm³/mol. The van der Waals surface area contributed by atoms with Gasteiger partial charge in [0.15, 0.2) is 5.65 Å². The average molecular weight is 412 g/mol. The predicted octanol–water partition coefficient (Wildman–Crippen LogP) is 4.89. The zero-order valence-electron chi connectivity index (χ0n) is 13.2. The lowest BCUT2D eigenvalue weighted by molar-refractivity contribution is 0.0699. The molecule has 0 bridgehead atoms. The number of hydrogen-bond acceptors (Lipinski definition) is 3. The van der Waals surface area contributed by atoms with Crippen LogP contribution in [0.5, 0.6) is 0 Å². The Balaban J connectivity index is 1.96. The van der Waals surface area contributed by atoms with Crippen LogP contribution in [0.1, 0.15) is 10.4 Å². The van der Waals surface area contributed by atoms with Crippen LogP contribution in [-0.4, -0.2) is 26.3 Å². The molecule has 0 atom stereocenters. The molecule has 0 saturated heterocycles. The van der Waals surface area contributed by atoms with Crippen LogP contribution >= 0.6 is 15.9 Å². The second-order valence-corrected chi connectivity index (χ2v) is 6.59. The molecular weight excluding hydrogens is 401 g/mol. The third-order valence-electron chi connectivity index (χ3n) is 4.01. The molecule has 4 rings (SSSR count). The maximum absolute atomic E-state index is 13.2. The quantitative estimate of drug-likeness (QED) is 0.502. The van der Waals surface area contributed by atoms with Gasteiger partial charge in [-0.2, -0.15) is 5.10 Å². The van der Waals surface area contributed by atoms with Crippen molar-refractivity contribution in [2.75, 3.05) is 0 Å². The van der Waals surface area contributed by atoms with Gasteiger partial charge in [-0.1, -0.05) is 28.1 Å². The van der Waals surface area contributed by atoms with Crippen molar-refractivity contribution in [2.45, 2.75) is 0 Å². The molecule has 0 aliphatic carbocycles. The Morgan fingerprint density at radius 1 is 1.08 bits per heavy atom. The molecule has 128 valence electrons. The number of H-pyrrole nitrogens is 1. The number of benzene rings is 2. The molecule has 7 heteroatoms. The molecule has 2 heterocycles. The Labute approximate surface area is 155 Å². The lowest BCUT2D eigenvalue weighted by atomic mass is 10.0. The Morgan fingerprint density at radius 3 is 2.54 bits per heavy atom. The SMILES string of the molecule is O=C(O)c1cc(-c2cccc(Br)c2)nc2n[nH]c(-c3ccc(F)cc3)c12. The average Bonchev–Trinajstić information content (AvgIpc) is 3.05. The Hall–Kier alpha value is -3.06. The first-order valence-electron chi connectivity index (χ1n) is 7.67. The van der Waals surface area contributed by atoms with Crippen molar-refractivity contribution in [1.29, 1.82) is 0 Å². The van der Waals surface area contributed by atoms with E-state index < -0.39 is 5.97 Å². The van der Waals surface area contributed by atoms with Gasteiger partial charge in [0, 0.05) is 15.6 Å². The monoisotopic (exact) mass is 411 g/mol. The van der Waals surface area contributed by atoms with Gasteiger partial charge in [-0.05, 0) is 42.5 Å². The fourth-order valence-electron chi connectivity index (χ4n) is 2.81. The Bertz CT molecular complexity index is 1140. The van der Waals surface area contributed by atoms with Gasteiger partial charge in [-0.3, -0.25) is 5.10 Å². The van der Waals surface area contributed by atoms with Crippen molar-refractivity contribution in [3.05, 3.63) is 70.5 Å². The van der Waals surface area contributed by atoms with Crippen molar-refractivity contribution < 1.29 is 14.3 Å². The minimum Gasteiger partial charge on any atom is -0.478 e. The fraction of sp³-hybridized carbons (Fsp3) is 0. The van der Waals surface area contributed by atoms with Gasteiger partial charge < -0.3 is 5.11 Å². The molecule has 0 amide bonds. The number of carboxylic acid groups (broad SMARTS) is 1. The molecular formula is C19H11BrFN3O2. The summed E-state index contributed by atoms with van der Waals surface area (Å²) in [5.74, 6) is -1.45. The zero-order valence-corrected chi connectivity index (χ0v) is 14.8. The zero-order chi connectivity index (χ0) is 18.3. The van der Waals surface area contributed by atoms with E-state index in [0.717, 1.165) is 10.0 Å². The van der Waals surface area contributed by atoms with Crippen LogP contribution in [0.15, 0.2) is 59.1 Å². The van der Waals surface area contributed by atoms with Gasteiger partial charge in [-0.15, -0.1) is 0 Å². The Kier molecular flexibility index (Phi) is 4.00. The standard InChI is InChI=1S/C19H11BrFN3O2/c20-12-3-1-2-11(8-12)15-9-14(19(25)26)16-17(23-24-18(16)22-15)10-4-6-13(21)7-5-10/h1-9H,(H,25,26)(H,22,23,24). The highest BCUT2D eigenvalue weighted by Crippen LogP contribution is 2.32. The summed E-state index contributed by atoms with van der Waals surface area (Å²) in [5, 5.41) is 17.1. The maximum Gasteiger partial charge on any atom is 0.336 e. The van der Waals surface area contributed by atoms with E-state index in [1.54, 1.807) is 12.1 Å². The van der Waals surface area contributed by atoms with Crippen molar-refractivity contribution in [3.63, 3.8) is 0 Å². The number of carbonyl (C=O) groups is 1. The van der Waals surface area contributed by atoms with Crippen molar-refractivity contribution in [3.8, 4) is 22.5 Å². The van der Waals surface area contributed by atoms with Crippen LogP contribution < -0.4 is 0 Å². The van der Waals surface area contributed by atoms with E-state index in [2.05, 4.69) is 31.1 Å². The third-order valence-corrected chi connectivity index (χ3v) is 4.50. The second-order valence-electron chi connectivity index (χ2n) is 5.67. The first kappa shape index (κ1) is 16.4. The summed E-state index contributed by atoms with van der Waals surface area (Å²) in [6.07, 6.45) is 0.